The smallest absolute Gasteiger partial charge is 0.263 e. The number of hydrogen-bond donors (Lipinski definition) is 2. The number of ether oxygens (including phenoxy) is 2. The predicted molar refractivity (Wildman–Crippen MR) is 137 cm³/mol. The normalized spacial score (nSPS) is 17.9. The number of pyridine rings is 1. The van der Waals surface area contributed by atoms with Crippen LogP contribution in [0.5, 0.6) is 5.88 Å². The molecule has 2 aliphatic heterocycles. The van der Waals surface area contributed by atoms with Gasteiger partial charge in [0, 0.05) is 38.2 Å². The van der Waals surface area contributed by atoms with Gasteiger partial charge in [-0.1, -0.05) is 17.3 Å². The molecule has 1 unspecified atom stereocenters. The van der Waals surface area contributed by atoms with E-state index in [9.17, 15) is 9.18 Å². The first kappa shape index (κ1) is 25.3. The van der Waals surface area contributed by atoms with Gasteiger partial charge in [0.2, 0.25) is 11.8 Å². The van der Waals surface area contributed by atoms with Crippen LogP contribution in [-0.2, 0) is 20.8 Å². The Morgan fingerprint density at radius 2 is 2.03 bits per heavy atom. The number of methoxy groups -OCH3 is 2. The first-order valence-corrected chi connectivity index (χ1v) is 12.1. The highest BCUT2D eigenvalue weighted by Gasteiger charge is 2.32. The average molecular weight is 522 g/mol. The van der Waals surface area contributed by atoms with Gasteiger partial charge in [-0.25, -0.2) is 19.3 Å². The summed E-state index contributed by atoms with van der Waals surface area (Å²) in [5, 5.41) is 7.62. The molecule has 0 spiro atoms. The molecule has 11 nitrogen and oxygen atoms in total. The summed E-state index contributed by atoms with van der Waals surface area (Å²) in [5.74, 6) is 0.315. The number of fused-ring (bicyclic) bond motifs is 1. The summed E-state index contributed by atoms with van der Waals surface area (Å²) in [5.41, 5.74) is 9.78. The van der Waals surface area contributed by atoms with Crippen molar-refractivity contribution in [2.45, 2.75) is 25.5 Å². The second kappa shape index (κ2) is 10.6. The number of benzene rings is 1. The Morgan fingerprint density at radius 1 is 1.21 bits per heavy atom. The highest BCUT2D eigenvalue weighted by Crippen LogP contribution is 2.34. The molecule has 1 atom stereocenters. The van der Waals surface area contributed by atoms with Crippen molar-refractivity contribution in [2.24, 2.45) is 5.16 Å². The van der Waals surface area contributed by atoms with Crippen LogP contribution in [-0.4, -0.2) is 71.6 Å². The molecule has 0 aliphatic carbocycles. The number of likely N-dealkylation sites (tertiary alicyclic amines) is 1. The molecule has 0 bridgehead atoms. The van der Waals surface area contributed by atoms with Crippen LogP contribution in [0.4, 0.5) is 10.3 Å². The van der Waals surface area contributed by atoms with Gasteiger partial charge in [0.15, 0.2) is 12.4 Å². The highest BCUT2D eigenvalue weighted by molar-refractivity contribution is 6.01. The van der Waals surface area contributed by atoms with Crippen LogP contribution in [0.25, 0.3) is 11.3 Å². The standard InChI is InChI=1S/C26H28FN7O4/c1-14-24-21(32-26(28)29-14)10-20(31-25(24)33-38-13-23(35)34-11-16(12-34)36-2)17-8-7-15(27)9-18(17)19-5-4-6-22(30-19)37-3/h4-9,16,20H,10-13H2,1-3H3,(H,31,33)(H2,28,29,32). The van der Waals surface area contributed by atoms with Gasteiger partial charge in [-0.05, 0) is 30.7 Å². The topological polar surface area (TPSA) is 137 Å². The van der Waals surface area contributed by atoms with Crippen LogP contribution < -0.4 is 15.8 Å². The van der Waals surface area contributed by atoms with Gasteiger partial charge in [0.25, 0.3) is 5.91 Å². The number of rotatable bonds is 7. The number of amidine groups is 1. The average Bonchev–Trinajstić information content (AvgIpc) is 2.87. The lowest BCUT2D eigenvalue weighted by atomic mass is 9.90. The number of aromatic nitrogens is 3. The summed E-state index contributed by atoms with van der Waals surface area (Å²) >= 11 is 0. The van der Waals surface area contributed by atoms with Crippen LogP contribution in [0, 0.1) is 12.7 Å². The van der Waals surface area contributed by atoms with E-state index in [0.717, 1.165) is 5.56 Å². The molecule has 2 aromatic heterocycles. The third-order valence-corrected chi connectivity index (χ3v) is 6.60. The van der Waals surface area contributed by atoms with Crippen molar-refractivity contribution in [3.8, 4) is 17.1 Å². The molecule has 1 aromatic carbocycles. The summed E-state index contributed by atoms with van der Waals surface area (Å²) in [7, 11) is 3.14. The molecule has 12 heteroatoms. The lowest BCUT2D eigenvalue weighted by Gasteiger charge is -2.37. The second-order valence-electron chi connectivity index (χ2n) is 9.06. The van der Waals surface area contributed by atoms with E-state index in [1.165, 1.54) is 19.2 Å². The number of aryl methyl sites for hydroxylation is 1. The van der Waals surface area contributed by atoms with Gasteiger partial charge in [-0.3, -0.25) is 4.79 Å². The summed E-state index contributed by atoms with van der Waals surface area (Å²) in [4.78, 5) is 32.7. The van der Waals surface area contributed by atoms with E-state index >= 15 is 0 Å². The van der Waals surface area contributed by atoms with Crippen LogP contribution in [0.2, 0.25) is 0 Å². The lowest BCUT2D eigenvalue weighted by Crippen LogP contribution is -2.55. The number of nitrogens with one attached hydrogen (secondary N) is 1. The van der Waals surface area contributed by atoms with Crippen LogP contribution in [0.1, 0.15) is 28.6 Å². The molecule has 0 saturated carbocycles. The van der Waals surface area contributed by atoms with E-state index in [0.29, 0.717) is 59.4 Å². The number of halogens is 1. The highest BCUT2D eigenvalue weighted by atomic mass is 19.1. The number of hydrogen-bond acceptors (Lipinski definition) is 9. The Hall–Kier alpha value is -4.32. The molecule has 5 rings (SSSR count). The number of carbonyl (C=O) groups excluding carboxylic acids is 1. The maximum atomic E-state index is 14.4. The maximum absolute atomic E-state index is 14.4. The number of amides is 1. The number of anilines is 1. The minimum atomic E-state index is -0.399. The Balaban J connectivity index is 1.46. The van der Waals surface area contributed by atoms with Crippen molar-refractivity contribution in [1.29, 1.82) is 0 Å². The van der Waals surface area contributed by atoms with Gasteiger partial charge >= 0.3 is 0 Å². The van der Waals surface area contributed by atoms with Crippen LogP contribution >= 0.6 is 0 Å². The van der Waals surface area contributed by atoms with Crippen LogP contribution in [0.15, 0.2) is 41.6 Å². The van der Waals surface area contributed by atoms with Gasteiger partial charge in [-0.15, -0.1) is 0 Å². The van der Waals surface area contributed by atoms with E-state index in [1.54, 1.807) is 43.2 Å². The Bertz CT molecular complexity index is 1390. The Morgan fingerprint density at radius 3 is 2.79 bits per heavy atom. The molecular weight excluding hydrogens is 493 g/mol. The van der Waals surface area contributed by atoms with Gasteiger partial charge < -0.3 is 30.3 Å². The fourth-order valence-corrected chi connectivity index (χ4v) is 4.62. The molecule has 3 aromatic rings. The summed E-state index contributed by atoms with van der Waals surface area (Å²) in [6.07, 6.45) is 0.475. The molecular formula is C26H28FN7O4. The van der Waals surface area contributed by atoms with Gasteiger partial charge in [-0.2, -0.15) is 0 Å². The third-order valence-electron chi connectivity index (χ3n) is 6.60. The van der Waals surface area contributed by atoms with E-state index in [2.05, 4.69) is 25.4 Å². The molecule has 1 amide bonds. The van der Waals surface area contributed by atoms with Gasteiger partial charge in [0.05, 0.1) is 41.9 Å². The zero-order valence-corrected chi connectivity index (χ0v) is 21.3. The molecule has 0 radical (unpaired) electrons. The number of nitrogen functional groups attached to an aromatic ring is 1. The lowest BCUT2D eigenvalue weighted by molar-refractivity contribution is -0.147. The summed E-state index contributed by atoms with van der Waals surface area (Å²) in [6, 6.07) is 9.44. The van der Waals surface area contributed by atoms with Crippen molar-refractivity contribution in [2.75, 3.05) is 39.6 Å². The predicted octanol–water partition coefficient (Wildman–Crippen LogP) is 2.00. The second-order valence-corrected chi connectivity index (χ2v) is 9.06. The minimum absolute atomic E-state index is 0.0483. The molecule has 3 N–H and O–H groups in total. The third kappa shape index (κ3) is 5.07. The molecule has 198 valence electrons. The number of carbonyl (C=O) groups is 1. The minimum Gasteiger partial charge on any atom is -0.481 e. The molecule has 1 fully saturated rings. The monoisotopic (exact) mass is 521 g/mol. The summed E-state index contributed by atoms with van der Waals surface area (Å²) < 4.78 is 24.9. The largest absolute Gasteiger partial charge is 0.481 e. The fourth-order valence-electron chi connectivity index (χ4n) is 4.62. The van der Waals surface area contributed by atoms with Gasteiger partial charge in [0.1, 0.15) is 5.82 Å². The van der Waals surface area contributed by atoms with Crippen molar-refractivity contribution >= 4 is 17.7 Å². The van der Waals surface area contributed by atoms with Crippen molar-refractivity contribution in [3.63, 3.8) is 0 Å². The van der Waals surface area contributed by atoms with Crippen LogP contribution in [0.3, 0.4) is 0 Å². The van der Waals surface area contributed by atoms with Crippen molar-refractivity contribution < 1.29 is 23.5 Å². The fraction of sp³-hybridized carbons (Fsp3) is 0.346. The first-order chi connectivity index (χ1) is 18.4. The van der Waals surface area contributed by atoms with E-state index in [4.69, 9.17) is 20.0 Å². The quantitative estimate of drug-likeness (QED) is 0.447. The first-order valence-electron chi connectivity index (χ1n) is 12.1. The van der Waals surface area contributed by atoms with Crippen molar-refractivity contribution in [1.82, 2.24) is 25.2 Å². The molecule has 1 saturated heterocycles. The number of nitrogens with two attached hydrogens (primary N) is 1. The number of oxime groups is 1. The zero-order valence-electron chi connectivity index (χ0n) is 21.3. The Labute approximate surface area is 218 Å². The maximum Gasteiger partial charge on any atom is 0.263 e. The Kier molecular flexibility index (Phi) is 7.05. The van der Waals surface area contributed by atoms with E-state index < -0.39 is 5.82 Å². The van der Waals surface area contributed by atoms with E-state index in [-0.39, 0.29) is 30.6 Å². The van der Waals surface area contributed by atoms with Crippen molar-refractivity contribution in [3.05, 3.63) is 64.7 Å². The molecule has 38 heavy (non-hydrogen) atoms. The van der Waals surface area contributed by atoms with E-state index in [1.807, 2.05) is 0 Å². The SMILES string of the molecule is COc1cccc(-c2cc(F)ccc2C2Cc3nc(N)nc(C)c3/C(=N/OCC(=O)N3CC(OC)C3)N2)n1. The molecule has 2 aliphatic rings. The number of nitrogens with zero attached hydrogens (tertiary/aromatic N) is 5. The zero-order chi connectivity index (χ0) is 26.8. The molecule has 4 heterocycles. The summed E-state index contributed by atoms with van der Waals surface area (Å²) in [6.45, 7) is 2.62.